The highest BCUT2D eigenvalue weighted by Gasteiger charge is 2.29. The van der Waals surface area contributed by atoms with Crippen LogP contribution in [-0.4, -0.2) is 40.1 Å². The van der Waals surface area contributed by atoms with Gasteiger partial charge in [0.1, 0.15) is 0 Å². The Morgan fingerprint density at radius 1 is 1.39 bits per heavy atom. The third-order valence-corrected chi connectivity index (χ3v) is 5.33. The van der Waals surface area contributed by atoms with Gasteiger partial charge >= 0.3 is 0 Å². The van der Waals surface area contributed by atoms with Gasteiger partial charge in [0.05, 0.1) is 22.9 Å². The number of hydrogen-bond acceptors (Lipinski definition) is 2. The second-order valence-corrected chi connectivity index (χ2v) is 7.34. The quantitative estimate of drug-likeness (QED) is 0.746. The Balaban J connectivity index is 2.17. The molecule has 5 heteroatoms. The van der Waals surface area contributed by atoms with E-state index in [4.69, 9.17) is 0 Å². The van der Waals surface area contributed by atoms with E-state index in [1.807, 2.05) is 6.20 Å². The summed E-state index contributed by atoms with van der Waals surface area (Å²) in [6.07, 6.45) is 7.16. The molecule has 2 unspecified atom stereocenters. The number of aromatic nitrogens is 2. The molecule has 102 valence electrons. The molecule has 0 spiro atoms. The Labute approximate surface area is 126 Å². The lowest BCUT2D eigenvalue weighted by Crippen LogP contribution is -2.24. The molecular formula is C13H21Br2N3. The molecule has 1 saturated carbocycles. The van der Waals surface area contributed by atoms with Crippen molar-refractivity contribution in [2.75, 3.05) is 20.6 Å². The highest BCUT2D eigenvalue weighted by atomic mass is 79.9. The molecule has 0 amide bonds. The van der Waals surface area contributed by atoms with Gasteiger partial charge in [0.25, 0.3) is 0 Å². The first-order valence-electron chi connectivity index (χ1n) is 6.59. The van der Waals surface area contributed by atoms with E-state index in [0.29, 0.717) is 10.7 Å². The standard InChI is InChI=1S/C13H21Br2N3/c1-17(2)7-8-18-13(12(15)9-16-18)10-5-3-4-6-11(10)14/h9-11H,3-8H2,1-2H3. The van der Waals surface area contributed by atoms with Crippen molar-refractivity contribution < 1.29 is 0 Å². The zero-order chi connectivity index (χ0) is 13.1. The summed E-state index contributed by atoms with van der Waals surface area (Å²) >= 11 is 7.52. The number of hydrogen-bond donors (Lipinski definition) is 0. The van der Waals surface area contributed by atoms with E-state index in [0.717, 1.165) is 17.6 Å². The third kappa shape index (κ3) is 3.36. The molecule has 0 saturated heterocycles. The van der Waals surface area contributed by atoms with Gasteiger partial charge in [-0.15, -0.1) is 0 Å². The van der Waals surface area contributed by atoms with E-state index in [-0.39, 0.29) is 0 Å². The summed E-state index contributed by atoms with van der Waals surface area (Å²) in [5, 5.41) is 4.52. The fraction of sp³-hybridized carbons (Fsp3) is 0.769. The van der Waals surface area contributed by atoms with Crippen LogP contribution in [0, 0.1) is 0 Å². The minimum absolute atomic E-state index is 0.595. The smallest absolute Gasteiger partial charge is 0.0635 e. The fourth-order valence-electron chi connectivity index (χ4n) is 2.61. The Morgan fingerprint density at radius 2 is 2.11 bits per heavy atom. The molecule has 1 heterocycles. The van der Waals surface area contributed by atoms with E-state index in [1.165, 1.54) is 31.4 Å². The molecule has 1 aliphatic rings. The summed E-state index contributed by atoms with van der Waals surface area (Å²) in [5.41, 5.74) is 1.37. The number of nitrogens with zero attached hydrogens (tertiary/aromatic N) is 3. The fourth-order valence-corrected chi connectivity index (χ4v) is 4.04. The Bertz CT molecular complexity index is 390. The Kier molecular flexibility index (Phi) is 5.27. The maximum absolute atomic E-state index is 4.52. The van der Waals surface area contributed by atoms with E-state index in [2.05, 4.69) is 60.6 Å². The summed E-state index contributed by atoms with van der Waals surface area (Å²) in [5.74, 6) is 0.595. The van der Waals surface area contributed by atoms with E-state index < -0.39 is 0 Å². The van der Waals surface area contributed by atoms with Crippen LogP contribution in [0.25, 0.3) is 0 Å². The van der Waals surface area contributed by atoms with Gasteiger partial charge in [-0.2, -0.15) is 5.10 Å². The summed E-state index contributed by atoms with van der Waals surface area (Å²) in [7, 11) is 4.21. The minimum Gasteiger partial charge on any atom is -0.308 e. The highest BCUT2D eigenvalue weighted by Crippen LogP contribution is 2.40. The van der Waals surface area contributed by atoms with Crippen molar-refractivity contribution in [2.24, 2.45) is 0 Å². The van der Waals surface area contributed by atoms with Gasteiger partial charge in [-0.3, -0.25) is 4.68 Å². The molecule has 1 aromatic heterocycles. The van der Waals surface area contributed by atoms with Gasteiger partial charge in [0.2, 0.25) is 0 Å². The third-order valence-electron chi connectivity index (χ3n) is 3.63. The lowest BCUT2D eigenvalue weighted by atomic mass is 9.87. The van der Waals surface area contributed by atoms with Crippen molar-refractivity contribution >= 4 is 31.9 Å². The lowest BCUT2D eigenvalue weighted by Gasteiger charge is -2.28. The molecule has 0 radical (unpaired) electrons. The normalized spacial score (nSPS) is 24.7. The Hall–Kier alpha value is 0.130. The van der Waals surface area contributed by atoms with Gasteiger partial charge < -0.3 is 4.90 Å². The zero-order valence-electron chi connectivity index (χ0n) is 11.1. The van der Waals surface area contributed by atoms with Crippen LogP contribution in [0.3, 0.4) is 0 Å². The molecule has 0 aromatic carbocycles. The van der Waals surface area contributed by atoms with Crippen molar-refractivity contribution in [1.82, 2.24) is 14.7 Å². The SMILES string of the molecule is CN(C)CCn1ncc(Br)c1C1CCCCC1Br. The molecule has 2 atom stereocenters. The van der Waals surface area contributed by atoms with E-state index in [1.54, 1.807) is 0 Å². The number of halogens is 2. The molecular weight excluding hydrogens is 358 g/mol. The number of alkyl halides is 1. The molecule has 0 bridgehead atoms. The molecule has 18 heavy (non-hydrogen) atoms. The molecule has 1 aliphatic carbocycles. The van der Waals surface area contributed by atoms with Gasteiger partial charge in [0, 0.05) is 17.3 Å². The largest absolute Gasteiger partial charge is 0.308 e. The molecule has 3 nitrogen and oxygen atoms in total. The van der Waals surface area contributed by atoms with E-state index in [9.17, 15) is 0 Å². The number of likely N-dealkylation sites (N-methyl/N-ethyl adjacent to an activating group) is 1. The summed E-state index contributed by atoms with van der Waals surface area (Å²) < 4.78 is 3.34. The first kappa shape index (κ1) is 14.5. The maximum atomic E-state index is 4.52. The second-order valence-electron chi connectivity index (χ2n) is 5.31. The summed E-state index contributed by atoms with van der Waals surface area (Å²) in [4.78, 5) is 2.80. The molecule has 1 fully saturated rings. The van der Waals surface area contributed by atoms with Crippen molar-refractivity contribution in [1.29, 1.82) is 0 Å². The van der Waals surface area contributed by atoms with Crippen LogP contribution >= 0.6 is 31.9 Å². The summed E-state index contributed by atoms with van der Waals surface area (Å²) in [6, 6.07) is 0. The summed E-state index contributed by atoms with van der Waals surface area (Å²) in [6.45, 7) is 1.99. The van der Waals surface area contributed by atoms with Crippen LogP contribution in [0.2, 0.25) is 0 Å². The maximum Gasteiger partial charge on any atom is 0.0635 e. The van der Waals surface area contributed by atoms with Crippen molar-refractivity contribution in [3.63, 3.8) is 0 Å². The van der Waals surface area contributed by atoms with Gasteiger partial charge in [-0.05, 0) is 42.9 Å². The molecule has 2 rings (SSSR count). The van der Waals surface area contributed by atoms with Crippen LogP contribution in [-0.2, 0) is 6.54 Å². The van der Waals surface area contributed by atoms with E-state index >= 15 is 0 Å². The highest BCUT2D eigenvalue weighted by molar-refractivity contribution is 9.10. The van der Waals surface area contributed by atoms with Crippen molar-refractivity contribution in [2.45, 2.75) is 43.0 Å². The first-order chi connectivity index (χ1) is 8.59. The Morgan fingerprint density at radius 3 is 2.78 bits per heavy atom. The lowest BCUT2D eigenvalue weighted by molar-refractivity contribution is 0.358. The van der Waals surface area contributed by atoms with Crippen LogP contribution in [0.5, 0.6) is 0 Å². The van der Waals surface area contributed by atoms with Gasteiger partial charge in [-0.25, -0.2) is 0 Å². The zero-order valence-corrected chi connectivity index (χ0v) is 14.2. The average Bonchev–Trinajstić information content (AvgIpc) is 2.69. The molecule has 0 aliphatic heterocycles. The monoisotopic (exact) mass is 377 g/mol. The van der Waals surface area contributed by atoms with Crippen LogP contribution < -0.4 is 0 Å². The minimum atomic E-state index is 0.595. The number of rotatable bonds is 4. The second kappa shape index (κ2) is 6.53. The van der Waals surface area contributed by atoms with Crippen LogP contribution in [0.1, 0.15) is 37.3 Å². The average molecular weight is 379 g/mol. The predicted molar refractivity (Wildman–Crippen MR) is 82.4 cm³/mol. The van der Waals surface area contributed by atoms with Crippen LogP contribution in [0.4, 0.5) is 0 Å². The molecule has 1 aromatic rings. The van der Waals surface area contributed by atoms with Gasteiger partial charge in [-0.1, -0.05) is 28.8 Å². The topological polar surface area (TPSA) is 21.1 Å². The van der Waals surface area contributed by atoms with Crippen molar-refractivity contribution in [3.8, 4) is 0 Å². The molecule has 0 N–H and O–H groups in total. The van der Waals surface area contributed by atoms with Crippen molar-refractivity contribution in [3.05, 3.63) is 16.4 Å². The first-order valence-corrected chi connectivity index (χ1v) is 8.30. The predicted octanol–water partition coefficient (Wildman–Crippen LogP) is 3.63. The van der Waals surface area contributed by atoms with Gasteiger partial charge in [0.15, 0.2) is 0 Å². The van der Waals surface area contributed by atoms with Crippen LogP contribution in [0.15, 0.2) is 10.7 Å².